The van der Waals surface area contributed by atoms with Crippen LogP contribution in [0.3, 0.4) is 0 Å². The zero-order valence-corrected chi connectivity index (χ0v) is 15.2. The number of hydrogen-bond acceptors (Lipinski definition) is 4. The lowest BCUT2D eigenvalue weighted by atomic mass is 9.97. The minimum Gasteiger partial charge on any atom is -0.379 e. The van der Waals surface area contributed by atoms with Gasteiger partial charge in [0.05, 0.1) is 13.2 Å². The number of aryl methyl sites for hydroxylation is 1. The van der Waals surface area contributed by atoms with Crippen molar-refractivity contribution in [2.75, 3.05) is 26.3 Å². The number of H-pyrrole nitrogens is 1. The third-order valence-electron chi connectivity index (χ3n) is 4.74. The number of aromatic nitrogens is 1. The summed E-state index contributed by atoms with van der Waals surface area (Å²) in [6.07, 6.45) is -4.79. The Morgan fingerprint density at radius 3 is 2.50 bits per heavy atom. The summed E-state index contributed by atoms with van der Waals surface area (Å²) in [5.41, 5.74) is 3.99. The van der Waals surface area contributed by atoms with Gasteiger partial charge in [-0.1, -0.05) is 18.2 Å². The predicted octanol–water partition coefficient (Wildman–Crippen LogP) is 2.30. The number of rotatable bonds is 4. The van der Waals surface area contributed by atoms with Gasteiger partial charge >= 0.3 is 6.18 Å². The third kappa shape index (κ3) is 4.26. The number of primary amides is 1. The van der Waals surface area contributed by atoms with Gasteiger partial charge in [-0.3, -0.25) is 14.5 Å². The molecule has 0 spiro atoms. The number of hydrogen-bond donors (Lipinski definition) is 2. The number of benzene rings is 1. The number of aromatic amines is 1. The molecule has 1 amide bonds. The zero-order valence-electron chi connectivity index (χ0n) is 15.2. The van der Waals surface area contributed by atoms with E-state index >= 15 is 0 Å². The molecule has 0 atom stereocenters. The SMILES string of the molecule is Cc1cc(-c2cc(C(N)=O)c(=O)[nH]c2C(F)(F)F)ccc1CN1CCOCC1. The van der Waals surface area contributed by atoms with Gasteiger partial charge in [-0.25, -0.2) is 0 Å². The Kier molecular flexibility index (Phi) is 5.57. The van der Waals surface area contributed by atoms with Crippen LogP contribution < -0.4 is 11.3 Å². The highest BCUT2D eigenvalue weighted by Crippen LogP contribution is 2.36. The van der Waals surface area contributed by atoms with Crippen molar-refractivity contribution in [3.05, 3.63) is 57.0 Å². The van der Waals surface area contributed by atoms with Crippen molar-refractivity contribution in [1.82, 2.24) is 9.88 Å². The van der Waals surface area contributed by atoms with Crippen molar-refractivity contribution in [2.24, 2.45) is 5.73 Å². The summed E-state index contributed by atoms with van der Waals surface area (Å²) >= 11 is 0. The first kappa shape index (κ1) is 20.1. The molecule has 1 aliphatic heterocycles. The van der Waals surface area contributed by atoms with Gasteiger partial charge in [0, 0.05) is 25.2 Å². The molecule has 28 heavy (non-hydrogen) atoms. The Balaban J connectivity index is 2.02. The summed E-state index contributed by atoms with van der Waals surface area (Å²) in [5.74, 6) is -1.09. The summed E-state index contributed by atoms with van der Waals surface area (Å²) in [6.45, 7) is 5.37. The third-order valence-corrected chi connectivity index (χ3v) is 4.74. The second-order valence-electron chi connectivity index (χ2n) is 6.69. The first-order valence-corrected chi connectivity index (χ1v) is 8.71. The fourth-order valence-corrected chi connectivity index (χ4v) is 3.21. The summed E-state index contributed by atoms with van der Waals surface area (Å²) in [5, 5.41) is 0. The van der Waals surface area contributed by atoms with E-state index in [2.05, 4.69) is 4.90 Å². The molecule has 6 nitrogen and oxygen atoms in total. The smallest absolute Gasteiger partial charge is 0.379 e. The highest BCUT2D eigenvalue weighted by molar-refractivity contribution is 5.94. The van der Waals surface area contributed by atoms with E-state index in [1.807, 2.05) is 6.92 Å². The van der Waals surface area contributed by atoms with E-state index in [0.717, 1.165) is 30.3 Å². The molecule has 0 radical (unpaired) electrons. The summed E-state index contributed by atoms with van der Waals surface area (Å²) in [6, 6.07) is 5.83. The van der Waals surface area contributed by atoms with E-state index < -0.39 is 28.9 Å². The molecule has 2 aromatic rings. The van der Waals surface area contributed by atoms with E-state index in [1.54, 1.807) is 23.2 Å². The van der Waals surface area contributed by atoms with Gasteiger partial charge in [0.15, 0.2) is 0 Å². The van der Waals surface area contributed by atoms with Gasteiger partial charge in [0.1, 0.15) is 11.3 Å². The van der Waals surface area contributed by atoms with Gasteiger partial charge in [0.2, 0.25) is 0 Å². The highest BCUT2D eigenvalue weighted by atomic mass is 19.4. The molecular weight excluding hydrogens is 375 g/mol. The van der Waals surface area contributed by atoms with Crippen LogP contribution in [0.4, 0.5) is 13.2 Å². The minimum atomic E-state index is -4.79. The van der Waals surface area contributed by atoms with Crippen LogP contribution in [-0.4, -0.2) is 42.1 Å². The van der Waals surface area contributed by atoms with Gasteiger partial charge in [-0.2, -0.15) is 13.2 Å². The van der Waals surface area contributed by atoms with Crippen LogP contribution in [-0.2, 0) is 17.5 Å². The molecule has 0 aliphatic carbocycles. The Morgan fingerprint density at radius 2 is 1.93 bits per heavy atom. The Labute approximate surface area is 159 Å². The number of nitrogens with zero attached hydrogens (tertiary/aromatic N) is 1. The Hall–Kier alpha value is -2.65. The topological polar surface area (TPSA) is 88.4 Å². The average molecular weight is 395 g/mol. The van der Waals surface area contributed by atoms with Gasteiger partial charge in [0.25, 0.3) is 11.5 Å². The van der Waals surface area contributed by atoms with Crippen molar-refractivity contribution in [1.29, 1.82) is 0 Å². The lowest BCUT2D eigenvalue weighted by Gasteiger charge is -2.27. The van der Waals surface area contributed by atoms with E-state index in [1.165, 1.54) is 0 Å². The Morgan fingerprint density at radius 1 is 1.25 bits per heavy atom. The number of pyridine rings is 1. The number of amides is 1. The quantitative estimate of drug-likeness (QED) is 0.832. The predicted molar refractivity (Wildman–Crippen MR) is 96.9 cm³/mol. The average Bonchev–Trinajstić information content (AvgIpc) is 2.63. The van der Waals surface area contributed by atoms with E-state index in [-0.39, 0.29) is 11.1 Å². The van der Waals surface area contributed by atoms with E-state index in [0.29, 0.717) is 19.8 Å². The number of carbonyl (C=O) groups excluding carboxylic acids is 1. The minimum absolute atomic E-state index is 0.245. The first-order valence-electron chi connectivity index (χ1n) is 8.71. The van der Waals surface area contributed by atoms with Crippen molar-refractivity contribution >= 4 is 5.91 Å². The van der Waals surface area contributed by atoms with Crippen LogP contribution in [0, 0.1) is 6.92 Å². The molecule has 1 aromatic carbocycles. The van der Waals surface area contributed by atoms with E-state index in [9.17, 15) is 22.8 Å². The number of alkyl halides is 3. The molecule has 1 saturated heterocycles. The van der Waals surface area contributed by atoms with Crippen LogP contribution in [0.2, 0.25) is 0 Å². The molecule has 150 valence electrons. The van der Waals surface area contributed by atoms with Crippen LogP contribution in [0.1, 0.15) is 27.2 Å². The fraction of sp³-hybridized carbons (Fsp3) is 0.368. The van der Waals surface area contributed by atoms with Crippen LogP contribution in [0.25, 0.3) is 11.1 Å². The molecule has 2 heterocycles. The number of carbonyl (C=O) groups is 1. The molecule has 3 N–H and O–H groups in total. The molecule has 9 heteroatoms. The standard InChI is InChI=1S/C19H20F3N3O3/c1-11-8-12(2-3-13(11)10-25-4-6-28-7-5-25)14-9-15(17(23)26)18(27)24-16(14)19(20,21)22/h2-3,8-9H,4-7,10H2,1H3,(H2,23,26)(H,24,27). The normalized spacial score (nSPS) is 15.6. The summed E-state index contributed by atoms with van der Waals surface area (Å²) < 4.78 is 45.6. The molecule has 1 aromatic heterocycles. The molecule has 3 rings (SSSR count). The molecule has 0 unspecified atom stereocenters. The van der Waals surface area contributed by atoms with Crippen molar-refractivity contribution in [3.63, 3.8) is 0 Å². The lowest BCUT2D eigenvalue weighted by Crippen LogP contribution is -2.35. The zero-order chi connectivity index (χ0) is 20.5. The second kappa shape index (κ2) is 7.76. The first-order chi connectivity index (χ1) is 13.2. The molecular formula is C19H20F3N3O3. The largest absolute Gasteiger partial charge is 0.431 e. The number of halogens is 3. The lowest BCUT2D eigenvalue weighted by molar-refractivity contribution is -0.140. The molecule has 0 bridgehead atoms. The van der Waals surface area contributed by atoms with E-state index in [4.69, 9.17) is 10.5 Å². The van der Waals surface area contributed by atoms with Crippen LogP contribution in [0.15, 0.2) is 29.1 Å². The van der Waals surface area contributed by atoms with Crippen LogP contribution >= 0.6 is 0 Å². The maximum atomic E-state index is 13.4. The summed E-state index contributed by atoms with van der Waals surface area (Å²) in [4.78, 5) is 27.2. The van der Waals surface area contributed by atoms with Crippen LogP contribution in [0.5, 0.6) is 0 Å². The molecule has 0 saturated carbocycles. The Bertz CT molecular complexity index is 948. The van der Waals surface area contributed by atoms with Gasteiger partial charge in [-0.05, 0) is 29.7 Å². The van der Waals surface area contributed by atoms with Crippen molar-refractivity contribution in [2.45, 2.75) is 19.6 Å². The van der Waals surface area contributed by atoms with Crippen molar-refractivity contribution in [3.8, 4) is 11.1 Å². The number of nitrogens with two attached hydrogens (primary N) is 1. The number of morpholine rings is 1. The molecule has 1 aliphatic rings. The number of nitrogens with one attached hydrogen (secondary N) is 1. The maximum Gasteiger partial charge on any atom is 0.431 e. The summed E-state index contributed by atoms with van der Waals surface area (Å²) in [7, 11) is 0. The highest BCUT2D eigenvalue weighted by Gasteiger charge is 2.36. The van der Waals surface area contributed by atoms with Gasteiger partial charge in [-0.15, -0.1) is 0 Å². The monoisotopic (exact) mass is 395 g/mol. The fourth-order valence-electron chi connectivity index (χ4n) is 3.21. The van der Waals surface area contributed by atoms with Gasteiger partial charge < -0.3 is 15.5 Å². The molecule has 1 fully saturated rings. The number of ether oxygens (including phenoxy) is 1. The maximum absolute atomic E-state index is 13.4. The second-order valence-corrected chi connectivity index (χ2v) is 6.69. The van der Waals surface area contributed by atoms with Crippen molar-refractivity contribution < 1.29 is 22.7 Å².